The number of nitrogens with one attached hydrogen (secondary N) is 1. The quantitative estimate of drug-likeness (QED) is 0.640. The maximum atomic E-state index is 12.7. The largest absolute Gasteiger partial charge is 0.505 e. The second-order valence-corrected chi connectivity index (χ2v) is 9.69. The van der Waals surface area contributed by atoms with Crippen LogP contribution in [0.2, 0.25) is 0 Å². The lowest BCUT2D eigenvalue weighted by Crippen LogP contribution is -2.37. The molecular weight excluding hydrogens is 430 g/mol. The number of sulfonamides is 1. The first-order chi connectivity index (χ1) is 14.0. The van der Waals surface area contributed by atoms with E-state index in [2.05, 4.69) is 5.32 Å². The number of fused-ring (bicyclic) bond motifs is 1. The fourth-order valence-electron chi connectivity index (χ4n) is 2.67. The number of carbonyl (C=O) groups is 2. The van der Waals surface area contributed by atoms with E-state index in [1.807, 2.05) is 0 Å². The Bertz CT molecular complexity index is 1150. The highest BCUT2D eigenvalue weighted by molar-refractivity contribution is 7.89. The Morgan fingerprint density at radius 3 is 2.20 bits per heavy atom. The van der Waals surface area contributed by atoms with Gasteiger partial charge in [-0.25, -0.2) is 8.42 Å². The SMILES string of the molecule is CN1C(C(=O)Nc2ccccc2C(N)=O)=C(O)c2ccccc2S1(=O)=O.CS(C)=O. The molecule has 2 amide bonds. The van der Waals surface area contributed by atoms with Crippen LogP contribution in [-0.4, -0.2) is 53.4 Å². The minimum atomic E-state index is -4.00. The second kappa shape index (κ2) is 9.09. The third-order valence-electron chi connectivity index (χ3n) is 3.98. The van der Waals surface area contributed by atoms with E-state index < -0.39 is 44.1 Å². The van der Waals surface area contributed by atoms with Crippen LogP contribution < -0.4 is 11.1 Å². The van der Waals surface area contributed by atoms with Crippen LogP contribution in [0.4, 0.5) is 5.69 Å². The number of anilines is 1. The molecule has 4 N–H and O–H groups in total. The van der Waals surface area contributed by atoms with Gasteiger partial charge < -0.3 is 16.2 Å². The number of primary amides is 1. The molecule has 0 aromatic heterocycles. The van der Waals surface area contributed by atoms with Crippen molar-refractivity contribution in [2.45, 2.75) is 4.90 Å². The molecule has 160 valence electrons. The zero-order chi connectivity index (χ0) is 22.6. The molecule has 2 aromatic carbocycles. The van der Waals surface area contributed by atoms with Gasteiger partial charge in [-0.05, 0) is 24.3 Å². The Morgan fingerprint density at radius 2 is 1.60 bits per heavy atom. The molecule has 0 fully saturated rings. The topological polar surface area (TPSA) is 147 Å². The number of nitrogens with two attached hydrogens (primary N) is 1. The summed E-state index contributed by atoms with van der Waals surface area (Å²) in [5.41, 5.74) is 5.01. The summed E-state index contributed by atoms with van der Waals surface area (Å²) >= 11 is 0. The summed E-state index contributed by atoms with van der Waals surface area (Å²) in [6.07, 6.45) is 3.28. The van der Waals surface area contributed by atoms with Gasteiger partial charge >= 0.3 is 0 Å². The Hall–Kier alpha value is -3.18. The van der Waals surface area contributed by atoms with E-state index in [9.17, 15) is 27.3 Å². The number of carbonyl (C=O) groups excluding carboxylic acids is 2. The van der Waals surface area contributed by atoms with Gasteiger partial charge in [0.1, 0.15) is 0 Å². The number of nitrogens with zero attached hydrogens (tertiary/aromatic N) is 1. The van der Waals surface area contributed by atoms with Gasteiger partial charge in [0.2, 0.25) is 0 Å². The summed E-state index contributed by atoms with van der Waals surface area (Å²) < 4.78 is 35.5. The van der Waals surface area contributed by atoms with E-state index in [1.54, 1.807) is 30.7 Å². The summed E-state index contributed by atoms with van der Waals surface area (Å²) in [5, 5.41) is 12.9. The number of aliphatic hydroxyl groups is 1. The summed E-state index contributed by atoms with van der Waals surface area (Å²) in [5.74, 6) is -2.13. The highest BCUT2D eigenvalue weighted by Gasteiger charge is 2.37. The minimum Gasteiger partial charge on any atom is -0.505 e. The molecular formula is C19H21N3O6S2. The Balaban J connectivity index is 0.000000735. The maximum absolute atomic E-state index is 12.7. The van der Waals surface area contributed by atoms with Crippen molar-refractivity contribution in [3.63, 3.8) is 0 Å². The number of aliphatic hydroxyl groups excluding tert-OH is 1. The molecule has 1 heterocycles. The zero-order valence-corrected chi connectivity index (χ0v) is 18.1. The molecule has 0 radical (unpaired) electrons. The van der Waals surface area contributed by atoms with Crippen LogP contribution in [0.5, 0.6) is 0 Å². The molecule has 1 aliphatic rings. The molecule has 0 saturated carbocycles. The van der Waals surface area contributed by atoms with Crippen molar-refractivity contribution in [1.29, 1.82) is 0 Å². The van der Waals surface area contributed by atoms with E-state index in [-0.39, 0.29) is 21.7 Å². The van der Waals surface area contributed by atoms with E-state index in [0.717, 1.165) is 7.05 Å². The van der Waals surface area contributed by atoms with Crippen molar-refractivity contribution in [1.82, 2.24) is 4.31 Å². The Kier molecular flexibility index (Phi) is 7.00. The molecule has 0 spiro atoms. The van der Waals surface area contributed by atoms with Gasteiger partial charge in [0.25, 0.3) is 21.8 Å². The van der Waals surface area contributed by atoms with Crippen LogP contribution in [0.3, 0.4) is 0 Å². The smallest absolute Gasteiger partial charge is 0.276 e. The molecule has 1 aliphatic heterocycles. The van der Waals surface area contributed by atoms with E-state index in [0.29, 0.717) is 4.31 Å². The third-order valence-corrected chi connectivity index (χ3v) is 5.79. The number of amides is 2. The first kappa shape index (κ1) is 23.1. The van der Waals surface area contributed by atoms with Crippen LogP contribution in [0.25, 0.3) is 5.76 Å². The van der Waals surface area contributed by atoms with Crippen molar-refractivity contribution in [2.75, 3.05) is 24.9 Å². The Labute approximate surface area is 176 Å². The lowest BCUT2D eigenvalue weighted by atomic mass is 10.1. The summed E-state index contributed by atoms with van der Waals surface area (Å²) in [6, 6.07) is 11.8. The number of likely N-dealkylation sites (N-methyl/N-ethyl adjacent to an activating group) is 1. The highest BCUT2D eigenvalue weighted by Crippen LogP contribution is 2.34. The first-order valence-electron chi connectivity index (χ1n) is 8.45. The van der Waals surface area contributed by atoms with Gasteiger partial charge in [-0.15, -0.1) is 0 Å². The predicted octanol–water partition coefficient (Wildman–Crippen LogP) is 1.28. The normalized spacial score (nSPS) is 14.5. The number of hydrogen-bond donors (Lipinski definition) is 3. The van der Waals surface area contributed by atoms with Gasteiger partial charge in [0.15, 0.2) is 11.5 Å². The van der Waals surface area contributed by atoms with Crippen LogP contribution in [0, 0.1) is 0 Å². The predicted molar refractivity (Wildman–Crippen MR) is 115 cm³/mol. The van der Waals surface area contributed by atoms with Crippen LogP contribution >= 0.6 is 0 Å². The molecule has 9 nitrogen and oxygen atoms in total. The van der Waals surface area contributed by atoms with Crippen LogP contribution in [0.15, 0.2) is 59.1 Å². The van der Waals surface area contributed by atoms with Gasteiger partial charge in [0.05, 0.1) is 16.1 Å². The molecule has 0 bridgehead atoms. The van der Waals surface area contributed by atoms with Crippen LogP contribution in [-0.2, 0) is 25.6 Å². The van der Waals surface area contributed by atoms with E-state index >= 15 is 0 Å². The van der Waals surface area contributed by atoms with Crippen molar-refractivity contribution < 1.29 is 27.3 Å². The summed E-state index contributed by atoms with van der Waals surface area (Å²) in [7, 11) is -3.45. The average Bonchev–Trinajstić information content (AvgIpc) is 2.67. The first-order valence-corrected chi connectivity index (χ1v) is 11.9. The minimum absolute atomic E-state index is 0.0268. The Morgan fingerprint density at radius 1 is 1.07 bits per heavy atom. The molecule has 30 heavy (non-hydrogen) atoms. The van der Waals surface area contributed by atoms with E-state index in [4.69, 9.17) is 5.73 Å². The fraction of sp³-hybridized carbons (Fsp3) is 0.158. The second-order valence-electron chi connectivity index (χ2n) is 6.27. The van der Waals surface area contributed by atoms with Gasteiger partial charge in [-0.3, -0.25) is 18.1 Å². The fourth-order valence-corrected chi connectivity index (χ4v) is 4.07. The molecule has 0 saturated heterocycles. The summed E-state index contributed by atoms with van der Waals surface area (Å²) in [4.78, 5) is 24.0. The molecule has 2 aromatic rings. The average molecular weight is 452 g/mol. The van der Waals surface area contributed by atoms with E-state index in [1.165, 1.54) is 30.3 Å². The lowest BCUT2D eigenvalue weighted by Gasteiger charge is -2.28. The maximum Gasteiger partial charge on any atom is 0.276 e. The van der Waals surface area contributed by atoms with Gasteiger partial charge in [0, 0.05) is 35.9 Å². The summed E-state index contributed by atoms with van der Waals surface area (Å²) in [6.45, 7) is 0. The number of para-hydroxylation sites is 1. The number of benzene rings is 2. The van der Waals surface area contributed by atoms with Crippen molar-refractivity contribution in [3.05, 3.63) is 65.4 Å². The standard InChI is InChI=1S/C17H15N3O5S.C2H6OS/c1-20-14(15(21)11-7-3-5-9-13(11)26(20,24)25)17(23)19-12-8-4-2-6-10(12)16(18)22;1-4(2)3/h2-9,21H,1H3,(H2,18,22)(H,19,23);1-2H3. The highest BCUT2D eigenvalue weighted by atomic mass is 32.2. The number of rotatable bonds is 3. The van der Waals surface area contributed by atoms with Gasteiger partial charge in [-0.2, -0.15) is 0 Å². The molecule has 0 atom stereocenters. The van der Waals surface area contributed by atoms with Crippen molar-refractivity contribution in [3.8, 4) is 0 Å². The monoisotopic (exact) mass is 451 g/mol. The van der Waals surface area contributed by atoms with Crippen molar-refractivity contribution in [2.24, 2.45) is 5.73 Å². The van der Waals surface area contributed by atoms with Gasteiger partial charge in [-0.1, -0.05) is 24.3 Å². The van der Waals surface area contributed by atoms with Crippen molar-refractivity contribution >= 4 is 44.1 Å². The zero-order valence-electron chi connectivity index (χ0n) is 16.4. The molecule has 3 rings (SSSR count). The number of hydrogen-bond acceptors (Lipinski definition) is 6. The van der Waals surface area contributed by atoms with Crippen LogP contribution in [0.1, 0.15) is 15.9 Å². The molecule has 11 heteroatoms. The molecule has 0 aliphatic carbocycles. The lowest BCUT2D eigenvalue weighted by molar-refractivity contribution is -0.113. The third kappa shape index (κ3) is 4.69. The molecule has 0 unspecified atom stereocenters.